The number of aryl methyl sites for hydroxylation is 2. The van der Waals surface area contributed by atoms with Gasteiger partial charge in [-0.2, -0.15) is 5.10 Å². The fourth-order valence-electron chi connectivity index (χ4n) is 2.18. The molecule has 130 valence electrons. The average Bonchev–Trinajstić information content (AvgIpc) is 2.90. The monoisotopic (exact) mass is 350 g/mol. The minimum absolute atomic E-state index is 0.130. The lowest BCUT2D eigenvalue weighted by Crippen LogP contribution is -2.30. The fraction of sp³-hybridized carbons (Fsp3) is 0.375. The van der Waals surface area contributed by atoms with Crippen LogP contribution in [0.2, 0.25) is 0 Å². The van der Waals surface area contributed by atoms with Crippen molar-refractivity contribution in [1.29, 1.82) is 0 Å². The van der Waals surface area contributed by atoms with Gasteiger partial charge in [-0.15, -0.1) is 0 Å². The molecule has 1 heterocycles. The zero-order chi connectivity index (χ0) is 17.7. The SMILES string of the molecule is CC(C)NS(=O)(=O)c1ccc(NC(=O)CCc2cnn(C)c2)cc1. The Balaban J connectivity index is 1.92. The molecule has 1 aromatic carbocycles. The van der Waals surface area contributed by atoms with Gasteiger partial charge in [0.25, 0.3) is 0 Å². The van der Waals surface area contributed by atoms with Gasteiger partial charge in [-0.1, -0.05) is 0 Å². The summed E-state index contributed by atoms with van der Waals surface area (Å²) in [5, 5.41) is 6.81. The fourth-order valence-corrected chi connectivity index (χ4v) is 3.43. The Morgan fingerprint density at radius 1 is 1.25 bits per heavy atom. The number of rotatable bonds is 7. The van der Waals surface area contributed by atoms with Gasteiger partial charge >= 0.3 is 0 Å². The van der Waals surface area contributed by atoms with Crippen LogP contribution < -0.4 is 10.0 Å². The molecule has 0 saturated carbocycles. The van der Waals surface area contributed by atoms with Crippen LogP contribution in [0.15, 0.2) is 41.6 Å². The van der Waals surface area contributed by atoms with Crippen molar-refractivity contribution < 1.29 is 13.2 Å². The van der Waals surface area contributed by atoms with Gasteiger partial charge in [0.05, 0.1) is 11.1 Å². The Kier molecular flexibility index (Phi) is 5.74. The molecule has 0 spiro atoms. The molecule has 2 rings (SSSR count). The van der Waals surface area contributed by atoms with Crippen LogP contribution >= 0.6 is 0 Å². The highest BCUT2D eigenvalue weighted by molar-refractivity contribution is 7.89. The molecule has 0 bridgehead atoms. The van der Waals surface area contributed by atoms with E-state index in [9.17, 15) is 13.2 Å². The maximum atomic E-state index is 12.0. The van der Waals surface area contributed by atoms with E-state index in [1.165, 1.54) is 12.1 Å². The summed E-state index contributed by atoms with van der Waals surface area (Å²) < 4.78 is 28.3. The molecule has 0 fully saturated rings. The molecule has 0 unspecified atom stereocenters. The summed E-state index contributed by atoms with van der Waals surface area (Å²) >= 11 is 0. The van der Waals surface area contributed by atoms with Gasteiger partial charge in [0.15, 0.2) is 0 Å². The van der Waals surface area contributed by atoms with Crippen molar-refractivity contribution in [3.05, 3.63) is 42.2 Å². The van der Waals surface area contributed by atoms with Crippen molar-refractivity contribution >= 4 is 21.6 Å². The number of sulfonamides is 1. The van der Waals surface area contributed by atoms with Crippen molar-refractivity contribution in [2.24, 2.45) is 7.05 Å². The largest absolute Gasteiger partial charge is 0.326 e. The summed E-state index contributed by atoms with van der Waals surface area (Å²) in [6, 6.07) is 5.93. The quantitative estimate of drug-likeness (QED) is 0.794. The second kappa shape index (κ2) is 7.59. The van der Waals surface area contributed by atoms with E-state index < -0.39 is 10.0 Å². The second-order valence-electron chi connectivity index (χ2n) is 5.87. The number of carbonyl (C=O) groups excluding carboxylic acids is 1. The van der Waals surface area contributed by atoms with E-state index in [1.807, 2.05) is 13.2 Å². The van der Waals surface area contributed by atoms with Gasteiger partial charge in [0.2, 0.25) is 15.9 Å². The average molecular weight is 350 g/mol. The number of amides is 1. The van der Waals surface area contributed by atoms with Crippen molar-refractivity contribution in [3.63, 3.8) is 0 Å². The molecule has 0 aliphatic heterocycles. The molecule has 1 amide bonds. The van der Waals surface area contributed by atoms with E-state index in [0.717, 1.165) is 5.56 Å². The molecule has 0 aliphatic carbocycles. The number of hydrogen-bond donors (Lipinski definition) is 2. The van der Waals surface area contributed by atoms with Gasteiger partial charge in [0.1, 0.15) is 0 Å². The van der Waals surface area contributed by atoms with Crippen LogP contribution in [0.1, 0.15) is 25.8 Å². The molecule has 24 heavy (non-hydrogen) atoms. The van der Waals surface area contributed by atoms with E-state index in [0.29, 0.717) is 18.5 Å². The molecule has 8 heteroatoms. The summed E-state index contributed by atoms with van der Waals surface area (Å²) in [4.78, 5) is 12.1. The van der Waals surface area contributed by atoms with E-state index in [4.69, 9.17) is 0 Å². The molecular weight excluding hydrogens is 328 g/mol. The first-order valence-corrected chi connectivity index (χ1v) is 9.14. The van der Waals surface area contributed by atoms with E-state index >= 15 is 0 Å². The second-order valence-corrected chi connectivity index (χ2v) is 7.58. The number of aromatic nitrogens is 2. The lowest BCUT2D eigenvalue weighted by atomic mass is 10.2. The maximum Gasteiger partial charge on any atom is 0.240 e. The zero-order valence-electron chi connectivity index (χ0n) is 14.0. The summed E-state index contributed by atoms with van der Waals surface area (Å²) in [6.45, 7) is 3.52. The normalized spacial score (nSPS) is 11.7. The van der Waals surface area contributed by atoms with Crippen LogP contribution in [-0.2, 0) is 28.3 Å². The Morgan fingerprint density at radius 2 is 1.92 bits per heavy atom. The van der Waals surface area contributed by atoms with Crippen molar-refractivity contribution in [2.75, 3.05) is 5.32 Å². The van der Waals surface area contributed by atoms with Gasteiger partial charge < -0.3 is 5.32 Å². The standard InChI is InChI=1S/C16H22N4O3S/c1-12(2)19-24(22,23)15-7-5-14(6-8-15)18-16(21)9-4-13-10-17-20(3)11-13/h5-8,10-12,19H,4,9H2,1-3H3,(H,18,21). The van der Waals surface area contributed by atoms with E-state index in [2.05, 4.69) is 15.1 Å². The minimum Gasteiger partial charge on any atom is -0.326 e. The first kappa shape index (κ1) is 18.2. The Labute approximate surface area is 142 Å². The third-order valence-corrected chi connectivity index (χ3v) is 4.91. The lowest BCUT2D eigenvalue weighted by molar-refractivity contribution is -0.116. The van der Waals surface area contributed by atoms with Gasteiger partial charge in [0, 0.05) is 31.4 Å². The summed E-state index contributed by atoms with van der Waals surface area (Å²) in [6.07, 6.45) is 4.54. The first-order chi connectivity index (χ1) is 11.3. The summed E-state index contributed by atoms with van der Waals surface area (Å²) in [7, 11) is -1.69. The van der Waals surface area contributed by atoms with Crippen LogP contribution in [0.4, 0.5) is 5.69 Å². The molecule has 0 saturated heterocycles. The molecule has 7 nitrogen and oxygen atoms in total. The maximum absolute atomic E-state index is 12.0. The van der Waals surface area contributed by atoms with Crippen molar-refractivity contribution in [2.45, 2.75) is 37.6 Å². The minimum atomic E-state index is -3.52. The third-order valence-electron chi connectivity index (χ3n) is 3.24. The third kappa shape index (κ3) is 5.17. The van der Waals surface area contributed by atoms with Crippen LogP contribution in [0.5, 0.6) is 0 Å². The van der Waals surface area contributed by atoms with E-state index in [1.54, 1.807) is 36.9 Å². The zero-order valence-corrected chi connectivity index (χ0v) is 14.8. The highest BCUT2D eigenvalue weighted by Gasteiger charge is 2.15. The van der Waals surface area contributed by atoms with Gasteiger partial charge in [-0.25, -0.2) is 13.1 Å². The predicted octanol–water partition coefficient (Wildman–Crippen LogP) is 1.68. The number of nitrogens with one attached hydrogen (secondary N) is 2. The molecule has 2 N–H and O–H groups in total. The van der Waals surface area contributed by atoms with Gasteiger partial charge in [-0.3, -0.25) is 9.48 Å². The molecule has 0 aliphatic rings. The van der Waals surface area contributed by atoms with E-state index in [-0.39, 0.29) is 16.8 Å². The van der Waals surface area contributed by atoms with Crippen molar-refractivity contribution in [3.8, 4) is 0 Å². The number of carbonyl (C=O) groups is 1. The predicted molar refractivity (Wildman–Crippen MR) is 92.1 cm³/mol. The molecule has 2 aromatic rings. The first-order valence-electron chi connectivity index (χ1n) is 7.66. The smallest absolute Gasteiger partial charge is 0.240 e. The van der Waals surface area contributed by atoms with Crippen molar-refractivity contribution in [1.82, 2.24) is 14.5 Å². The Morgan fingerprint density at radius 3 is 2.46 bits per heavy atom. The lowest BCUT2D eigenvalue weighted by Gasteiger charge is -2.10. The van der Waals surface area contributed by atoms with Crippen LogP contribution in [0, 0.1) is 0 Å². The number of anilines is 1. The number of nitrogens with zero attached hydrogens (tertiary/aromatic N) is 2. The highest BCUT2D eigenvalue weighted by Crippen LogP contribution is 2.15. The van der Waals surface area contributed by atoms with Gasteiger partial charge in [-0.05, 0) is 50.1 Å². The Hall–Kier alpha value is -2.19. The summed E-state index contributed by atoms with van der Waals surface area (Å²) in [5.74, 6) is -0.130. The molecule has 0 radical (unpaired) electrons. The van der Waals surface area contributed by atoms with Crippen LogP contribution in [0.3, 0.4) is 0 Å². The van der Waals surface area contributed by atoms with Crippen LogP contribution in [-0.4, -0.2) is 30.1 Å². The molecule has 0 atom stereocenters. The number of hydrogen-bond acceptors (Lipinski definition) is 4. The highest BCUT2D eigenvalue weighted by atomic mass is 32.2. The Bertz CT molecular complexity index is 795. The summed E-state index contributed by atoms with van der Waals surface area (Å²) in [5.41, 5.74) is 1.56. The molecular formula is C16H22N4O3S. The number of benzene rings is 1. The molecule has 1 aromatic heterocycles. The topological polar surface area (TPSA) is 93.1 Å². The van der Waals surface area contributed by atoms with Crippen LogP contribution in [0.25, 0.3) is 0 Å².